The predicted molar refractivity (Wildman–Crippen MR) is 40.1 cm³/mol. The Morgan fingerprint density at radius 3 is 2.40 bits per heavy atom. The summed E-state index contributed by atoms with van der Waals surface area (Å²) in [5, 5.41) is 8.44. The van der Waals surface area contributed by atoms with Gasteiger partial charge in [-0.05, 0) is 13.5 Å². The van der Waals surface area contributed by atoms with Crippen molar-refractivity contribution in [3.05, 3.63) is 24.6 Å². The molecule has 0 aromatic rings. The summed E-state index contributed by atoms with van der Waals surface area (Å²) in [5.41, 5.74) is 0.246. The Morgan fingerprint density at radius 1 is 1.60 bits per heavy atom. The standard InChI is InChI=1S/C7H9NO2/c1-5(6(2)9)4-8-7(3)10/h4,10H,1,3H2,2H3/b8-4-. The van der Waals surface area contributed by atoms with E-state index in [1.54, 1.807) is 0 Å². The van der Waals surface area contributed by atoms with Gasteiger partial charge in [0.15, 0.2) is 5.78 Å². The third kappa shape index (κ3) is 3.60. The van der Waals surface area contributed by atoms with Crippen molar-refractivity contribution in [3.63, 3.8) is 0 Å². The third-order valence-electron chi connectivity index (χ3n) is 0.822. The Hall–Kier alpha value is -1.38. The van der Waals surface area contributed by atoms with Crippen molar-refractivity contribution in [1.29, 1.82) is 0 Å². The minimum absolute atomic E-state index is 0.176. The smallest absolute Gasteiger partial charge is 0.203 e. The van der Waals surface area contributed by atoms with Crippen molar-refractivity contribution in [2.75, 3.05) is 0 Å². The fourth-order valence-electron chi connectivity index (χ4n) is 0.243. The molecule has 0 aliphatic heterocycles. The zero-order valence-corrected chi connectivity index (χ0v) is 5.79. The van der Waals surface area contributed by atoms with Crippen LogP contribution in [0.3, 0.4) is 0 Å². The lowest BCUT2D eigenvalue weighted by atomic mass is 10.2. The molecule has 0 bridgehead atoms. The molecule has 0 aliphatic rings. The molecule has 1 N–H and O–H groups in total. The minimum Gasteiger partial charge on any atom is -0.494 e. The van der Waals surface area contributed by atoms with E-state index in [1.165, 1.54) is 13.1 Å². The van der Waals surface area contributed by atoms with Gasteiger partial charge in [-0.25, -0.2) is 4.99 Å². The summed E-state index contributed by atoms with van der Waals surface area (Å²) in [6.07, 6.45) is 1.17. The third-order valence-corrected chi connectivity index (χ3v) is 0.822. The van der Waals surface area contributed by atoms with Crippen molar-refractivity contribution in [2.45, 2.75) is 6.92 Å². The summed E-state index contributed by atoms with van der Waals surface area (Å²) in [6.45, 7) is 7.84. The van der Waals surface area contributed by atoms with Gasteiger partial charge in [-0.15, -0.1) is 0 Å². The molecule has 0 heterocycles. The average molecular weight is 139 g/mol. The second kappa shape index (κ2) is 3.61. The molecule has 0 atom stereocenters. The molecule has 3 heteroatoms. The molecule has 0 spiro atoms. The van der Waals surface area contributed by atoms with Crippen LogP contribution in [-0.4, -0.2) is 17.1 Å². The van der Waals surface area contributed by atoms with Crippen LogP contribution in [0.1, 0.15) is 6.92 Å². The van der Waals surface area contributed by atoms with Crippen LogP contribution in [0, 0.1) is 0 Å². The van der Waals surface area contributed by atoms with Crippen LogP contribution in [-0.2, 0) is 4.79 Å². The first-order chi connectivity index (χ1) is 4.54. The highest BCUT2D eigenvalue weighted by atomic mass is 16.3. The Morgan fingerprint density at radius 2 is 2.10 bits per heavy atom. The quantitative estimate of drug-likeness (QED) is 0.363. The van der Waals surface area contributed by atoms with Crippen molar-refractivity contribution in [2.24, 2.45) is 4.99 Å². The fraction of sp³-hybridized carbons (Fsp3) is 0.143. The van der Waals surface area contributed by atoms with E-state index >= 15 is 0 Å². The number of allylic oxidation sites excluding steroid dienone is 1. The van der Waals surface area contributed by atoms with E-state index in [1.807, 2.05) is 0 Å². The van der Waals surface area contributed by atoms with Crippen molar-refractivity contribution >= 4 is 12.0 Å². The monoisotopic (exact) mass is 139 g/mol. The number of nitrogens with zero attached hydrogens (tertiary/aromatic N) is 1. The largest absolute Gasteiger partial charge is 0.494 e. The average Bonchev–Trinajstić information content (AvgIpc) is 1.82. The molecule has 0 aliphatic carbocycles. The maximum atomic E-state index is 10.5. The Kier molecular flexibility index (Phi) is 3.11. The van der Waals surface area contributed by atoms with Gasteiger partial charge in [-0.2, -0.15) is 0 Å². The Balaban J connectivity index is 4.03. The zero-order chi connectivity index (χ0) is 8.15. The first-order valence-electron chi connectivity index (χ1n) is 2.66. The molecule has 0 aromatic carbocycles. The lowest BCUT2D eigenvalue weighted by Gasteiger charge is -1.88. The van der Waals surface area contributed by atoms with Crippen molar-refractivity contribution < 1.29 is 9.90 Å². The van der Waals surface area contributed by atoms with Gasteiger partial charge in [-0.1, -0.05) is 6.58 Å². The maximum absolute atomic E-state index is 10.5. The number of hydrogen-bond acceptors (Lipinski definition) is 3. The van der Waals surface area contributed by atoms with Gasteiger partial charge in [0.1, 0.15) is 0 Å². The van der Waals surface area contributed by atoms with E-state index in [9.17, 15) is 4.79 Å². The lowest BCUT2D eigenvalue weighted by Crippen LogP contribution is -1.95. The van der Waals surface area contributed by atoms with Crippen LogP contribution >= 0.6 is 0 Å². The Labute approximate surface area is 59.4 Å². The highest BCUT2D eigenvalue weighted by Gasteiger charge is 1.93. The summed E-state index contributed by atoms with van der Waals surface area (Å²) in [6, 6.07) is 0. The number of Topliss-reactive ketones (excluding diaryl/α,β-unsaturated/α-hetero) is 1. The summed E-state index contributed by atoms with van der Waals surface area (Å²) < 4.78 is 0. The molecule has 0 saturated heterocycles. The summed E-state index contributed by atoms with van der Waals surface area (Å²) in [7, 11) is 0. The van der Waals surface area contributed by atoms with E-state index in [0.29, 0.717) is 0 Å². The first kappa shape index (κ1) is 8.62. The molecular formula is C7H9NO2. The van der Waals surface area contributed by atoms with Crippen LogP contribution in [0.5, 0.6) is 0 Å². The normalized spacial score (nSPS) is 9.70. The summed E-state index contributed by atoms with van der Waals surface area (Å²) in [4.78, 5) is 13.8. The molecule has 0 aromatic heterocycles. The van der Waals surface area contributed by atoms with Crippen molar-refractivity contribution in [3.8, 4) is 0 Å². The maximum Gasteiger partial charge on any atom is 0.203 e. The second-order valence-corrected chi connectivity index (χ2v) is 1.76. The molecule has 10 heavy (non-hydrogen) atoms. The highest BCUT2D eigenvalue weighted by molar-refractivity contribution is 6.11. The van der Waals surface area contributed by atoms with E-state index in [4.69, 9.17) is 5.11 Å². The molecule has 0 unspecified atom stereocenters. The van der Waals surface area contributed by atoms with Crippen LogP contribution in [0.15, 0.2) is 29.6 Å². The molecule has 0 amide bonds. The van der Waals surface area contributed by atoms with Gasteiger partial charge in [-0.3, -0.25) is 4.79 Å². The van der Waals surface area contributed by atoms with Gasteiger partial charge in [0.25, 0.3) is 0 Å². The molecule has 0 rings (SSSR count). The fourth-order valence-corrected chi connectivity index (χ4v) is 0.243. The lowest BCUT2D eigenvalue weighted by molar-refractivity contribution is -0.113. The number of hydrogen-bond donors (Lipinski definition) is 1. The van der Waals surface area contributed by atoms with Crippen LogP contribution in [0.4, 0.5) is 0 Å². The summed E-state index contributed by atoms with van der Waals surface area (Å²) in [5.74, 6) is -0.507. The number of carbonyl (C=O) groups excluding carboxylic acids is 1. The molecule has 0 saturated carbocycles. The topological polar surface area (TPSA) is 49.7 Å². The number of aliphatic imine (C=N–C) groups is 1. The van der Waals surface area contributed by atoms with Gasteiger partial charge in [0, 0.05) is 11.8 Å². The van der Waals surface area contributed by atoms with Crippen LogP contribution in [0.2, 0.25) is 0 Å². The summed E-state index contributed by atoms with van der Waals surface area (Å²) >= 11 is 0. The molecule has 0 fully saturated rings. The number of rotatable bonds is 3. The predicted octanol–water partition coefficient (Wildman–Crippen LogP) is 1.23. The Bertz CT molecular complexity index is 204. The number of aliphatic hydroxyl groups excluding tert-OH is 1. The van der Waals surface area contributed by atoms with Gasteiger partial charge in [0.2, 0.25) is 5.88 Å². The molecule has 54 valence electrons. The SMILES string of the molecule is C=C(O)/N=C\C(=C)C(C)=O. The van der Waals surface area contributed by atoms with E-state index in [-0.39, 0.29) is 17.2 Å². The van der Waals surface area contributed by atoms with Crippen LogP contribution < -0.4 is 0 Å². The zero-order valence-electron chi connectivity index (χ0n) is 5.79. The number of carbonyl (C=O) groups is 1. The van der Waals surface area contributed by atoms with Gasteiger partial charge < -0.3 is 5.11 Å². The van der Waals surface area contributed by atoms with Gasteiger partial charge in [0.05, 0.1) is 0 Å². The highest BCUT2D eigenvalue weighted by Crippen LogP contribution is 1.89. The first-order valence-corrected chi connectivity index (χ1v) is 2.66. The second-order valence-electron chi connectivity index (χ2n) is 1.76. The van der Waals surface area contributed by atoms with E-state index in [0.717, 1.165) is 0 Å². The van der Waals surface area contributed by atoms with Crippen molar-refractivity contribution in [1.82, 2.24) is 0 Å². The van der Waals surface area contributed by atoms with E-state index < -0.39 is 0 Å². The number of aliphatic hydroxyl groups is 1. The van der Waals surface area contributed by atoms with E-state index in [2.05, 4.69) is 18.2 Å². The molecular weight excluding hydrogens is 130 g/mol. The molecule has 3 nitrogen and oxygen atoms in total. The van der Waals surface area contributed by atoms with Crippen LogP contribution in [0.25, 0.3) is 0 Å². The minimum atomic E-state index is -0.331. The van der Waals surface area contributed by atoms with Gasteiger partial charge >= 0.3 is 0 Å². The molecule has 0 radical (unpaired) electrons. The number of ketones is 1.